The summed E-state index contributed by atoms with van der Waals surface area (Å²) < 4.78 is 5.40. The molecule has 0 saturated heterocycles. The fourth-order valence-corrected chi connectivity index (χ4v) is 3.01. The summed E-state index contributed by atoms with van der Waals surface area (Å²) in [6.07, 6.45) is 0. The molecule has 102 valence electrons. The van der Waals surface area contributed by atoms with Crippen LogP contribution in [-0.4, -0.2) is 12.1 Å². The molecule has 0 spiro atoms. The average Bonchev–Trinajstić information content (AvgIpc) is 2.74. The maximum atomic E-state index is 5.40. The molecule has 2 rings (SSSR count). The summed E-state index contributed by atoms with van der Waals surface area (Å²) in [5, 5.41) is 4.66. The van der Waals surface area contributed by atoms with Gasteiger partial charge >= 0.3 is 0 Å². The van der Waals surface area contributed by atoms with Crippen molar-refractivity contribution in [1.29, 1.82) is 0 Å². The third-order valence-corrected chi connectivity index (χ3v) is 4.25. The summed E-state index contributed by atoms with van der Waals surface area (Å²) in [6, 6.07) is 8.37. The molecule has 1 N–H and O–H groups in total. The summed E-state index contributed by atoms with van der Waals surface area (Å²) in [6.45, 7) is 7.11. The number of benzene rings is 1. The zero-order chi connectivity index (χ0) is 13.8. The lowest BCUT2D eigenvalue weighted by molar-refractivity contribution is 0.401. The molecule has 0 aliphatic carbocycles. The quantitative estimate of drug-likeness (QED) is 0.905. The Bertz CT molecular complexity index is 551. The molecular formula is C15H20N2OS. The molecule has 0 aliphatic heterocycles. The van der Waals surface area contributed by atoms with Gasteiger partial charge in [0.15, 0.2) is 0 Å². The summed E-state index contributed by atoms with van der Waals surface area (Å²) in [5.41, 5.74) is 2.31. The maximum absolute atomic E-state index is 5.40. The highest BCUT2D eigenvalue weighted by Gasteiger charge is 2.11. The molecule has 19 heavy (non-hydrogen) atoms. The Kier molecular flexibility index (Phi) is 4.56. The number of aryl methyl sites for hydroxylation is 2. The van der Waals surface area contributed by atoms with Crippen LogP contribution in [0.4, 0.5) is 0 Å². The fraction of sp³-hybridized carbons (Fsp3) is 0.400. The highest BCUT2D eigenvalue weighted by Crippen LogP contribution is 2.25. The van der Waals surface area contributed by atoms with Gasteiger partial charge in [-0.1, -0.05) is 18.2 Å². The molecule has 0 radical (unpaired) electrons. The Balaban J connectivity index is 2.05. The standard InChI is InChI=1S/C15H20N2OS/c1-10(13-7-5-6-8-14(13)18-4)16-9-15-11(2)17-12(3)19-15/h5-8,10,16H,9H2,1-4H3/t10-/m1/s1. The number of rotatable bonds is 5. The smallest absolute Gasteiger partial charge is 0.123 e. The fourth-order valence-electron chi connectivity index (χ4n) is 2.12. The topological polar surface area (TPSA) is 34.1 Å². The van der Waals surface area contributed by atoms with Gasteiger partial charge in [0.05, 0.1) is 17.8 Å². The molecule has 4 heteroatoms. The molecule has 1 aromatic heterocycles. The number of nitrogens with one attached hydrogen (secondary N) is 1. The van der Waals surface area contributed by atoms with Crippen molar-refractivity contribution in [3.8, 4) is 5.75 Å². The maximum Gasteiger partial charge on any atom is 0.123 e. The van der Waals surface area contributed by atoms with E-state index in [1.807, 2.05) is 25.1 Å². The van der Waals surface area contributed by atoms with Crippen molar-refractivity contribution >= 4 is 11.3 Å². The Morgan fingerprint density at radius 2 is 2.05 bits per heavy atom. The number of ether oxygens (including phenoxy) is 1. The van der Waals surface area contributed by atoms with Crippen LogP contribution in [0.2, 0.25) is 0 Å². The van der Waals surface area contributed by atoms with Gasteiger partial charge in [-0.05, 0) is 26.8 Å². The molecule has 0 saturated carbocycles. The van der Waals surface area contributed by atoms with Gasteiger partial charge in [0.2, 0.25) is 0 Å². The first-order valence-electron chi connectivity index (χ1n) is 6.41. The molecular weight excluding hydrogens is 256 g/mol. The van der Waals surface area contributed by atoms with Crippen LogP contribution in [0.5, 0.6) is 5.75 Å². The summed E-state index contributed by atoms with van der Waals surface area (Å²) in [5.74, 6) is 0.930. The van der Waals surface area contributed by atoms with E-state index in [9.17, 15) is 0 Å². The van der Waals surface area contributed by atoms with Gasteiger partial charge in [-0.15, -0.1) is 11.3 Å². The second-order valence-corrected chi connectivity index (χ2v) is 5.87. The minimum Gasteiger partial charge on any atom is -0.496 e. The van der Waals surface area contributed by atoms with Crippen LogP contribution >= 0.6 is 11.3 Å². The van der Waals surface area contributed by atoms with Crippen LogP contribution in [0.25, 0.3) is 0 Å². The minimum atomic E-state index is 0.248. The van der Waals surface area contributed by atoms with Gasteiger partial charge in [0.1, 0.15) is 5.75 Å². The second-order valence-electron chi connectivity index (χ2n) is 4.59. The van der Waals surface area contributed by atoms with Crippen molar-refractivity contribution in [3.63, 3.8) is 0 Å². The third kappa shape index (κ3) is 3.33. The lowest BCUT2D eigenvalue weighted by atomic mass is 10.1. The van der Waals surface area contributed by atoms with Gasteiger partial charge in [0, 0.05) is 23.0 Å². The molecule has 0 amide bonds. The molecule has 0 unspecified atom stereocenters. The predicted molar refractivity (Wildman–Crippen MR) is 79.8 cm³/mol. The van der Waals surface area contributed by atoms with Crippen molar-refractivity contribution in [1.82, 2.24) is 10.3 Å². The Morgan fingerprint density at radius 3 is 2.68 bits per heavy atom. The highest BCUT2D eigenvalue weighted by atomic mass is 32.1. The SMILES string of the molecule is COc1ccccc1[C@@H](C)NCc1sc(C)nc1C. The summed E-state index contributed by atoms with van der Waals surface area (Å²) in [4.78, 5) is 5.75. The summed E-state index contributed by atoms with van der Waals surface area (Å²) in [7, 11) is 1.71. The Labute approximate surface area is 118 Å². The lowest BCUT2D eigenvalue weighted by Gasteiger charge is -2.16. The van der Waals surface area contributed by atoms with Crippen LogP contribution < -0.4 is 10.1 Å². The number of para-hydroxylation sites is 1. The third-order valence-electron chi connectivity index (χ3n) is 3.17. The van der Waals surface area contributed by atoms with Crippen molar-refractivity contribution in [2.24, 2.45) is 0 Å². The van der Waals surface area contributed by atoms with E-state index in [2.05, 4.69) is 30.2 Å². The van der Waals surface area contributed by atoms with Crippen LogP contribution in [0.1, 0.15) is 34.1 Å². The van der Waals surface area contributed by atoms with Crippen molar-refractivity contribution in [2.75, 3.05) is 7.11 Å². The van der Waals surface area contributed by atoms with Gasteiger partial charge < -0.3 is 10.1 Å². The van der Waals surface area contributed by atoms with E-state index in [1.165, 1.54) is 10.4 Å². The van der Waals surface area contributed by atoms with E-state index >= 15 is 0 Å². The van der Waals surface area contributed by atoms with E-state index < -0.39 is 0 Å². The first-order valence-corrected chi connectivity index (χ1v) is 7.22. The van der Waals surface area contributed by atoms with Crippen LogP contribution in [-0.2, 0) is 6.54 Å². The molecule has 0 aliphatic rings. The Morgan fingerprint density at radius 1 is 1.32 bits per heavy atom. The van der Waals surface area contributed by atoms with E-state index in [0.29, 0.717) is 0 Å². The minimum absolute atomic E-state index is 0.248. The van der Waals surface area contributed by atoms with E-state index in [1.54, 1.807) is 18.4 Å². The predicted octanol–water partition coefficient (Wildman–Crippen LogP) is 3.62. The van der Waals surface area contributed by atoms with Gasteiger partial charge in [-0.25, -0.2) is 4.98 Å². The molecule has 0 bridgehead atoms. The number of hydrogen-bond acceptors (Lipinski definition) is 4. The number of hydrogen-bond donors (Lipinski definition) is 1. The normalized spacial score (nSPS) is 12.4. The molecule has 0 fully saturated rings. The largest absolute Gasteiger partial charge is 0.496 e. The second kappa shape index (κ2) is 6.17. The van der Waals surface area contributed by atoms with Gasteiger partial charge in [-0.3, -0.25) is 0 Å². The zero-order valence-corrected chi connectivity index (χ0v) is 12.7. The molecule has 2 aromatic rings. The van der Waals surface area contributed by atoms with Gasteiger partial charge in [0.25, 0.3) is 0 Å². The zero-order valence-electron chi connectivity index (χ0n) is 11.9. The average molecular weight is 276 g/mol. The van der Waals surface area contributed by atoms with Crippen molar-refractivity contribution in [3.05, 3.63) is 45.4 Å². The lowest BCUT2D eigenvalue weighted by Crippen LogP contribution is -2.18. The van der Waals surface area contributed by atoms with Crippen molar-refractivity contribution < 1.29 is 4.74 Å². The van der Waals surface area contributed by atoms with Crippen molar-refractivity contribution in [2.45, 2.75) is 33.4 Å². The van der Waals surface area contributed by atoms with Crippen LogP contribution in [0, 0.1) is 13.8 Å². The van der Waals surface area contributed by atoms with Gasteiger partial charge in [-0.2, -0.15) is 0 Å². The molecule has 1 aromatic carbocycles. The molecule has 1 atom stereocenters. The van der Waals surface area contributed by atoms with Crippen LogP contribution in [0.3, 0.4) is 0 Å². The first-order chi connectivity index (χ1) is 9.11. The molecule has 3 nitrogen and oxygen atoms in total. The summed E-state index contributed by atoms with van der Waals surface area (Å²) >= 11 is 1.76. The number of methoxy groups -OCH3 is 1. The Hall–Kier alpha value is -1.39. The van der Waals surface area contributed by atoms with E-state index in [-0.39, 0.29) is 6.04 Å². The number of thiazole rings is 1. The van der Waals surface area contributed by atoms with E-state index in [4.69, 9.17) is 4.74 Å². The van der Waals surface area contributed by atoms with E-state index in [0.717, 1.165) is 23.0 Å². The number of nitrogens with zero attached hydrogens (tertiary/aromatic N) is 1. The highest BCUT2D eigenvalue weighted by molar-refractivity contribution is 7.11. The van der Waals surface area contributed by atoms with Crippen LogP contribution in [0.15, 0.2) is 24.3 Å². The molecule has 1 heterocycles. The first kappa shape index (κ1) is 14.0. The number of aromatic nitrogens is 1. The monoisotopic (exact) mass is 276 g/mol.